The van der Waals surface area contributed by atoms with Crippen molar-refractivity contribution in [3.63, 3.8) is 0 Å². The van der Waals surface area contributed by atoms with Crippen molar-refractivity contribution in [3.05, 3.63) is 35.9 Å². The zero-order chi connectivity index (χ0) is 34.5. The van der Waals surface area contributed by atoms with Gasteiger partial charge in [-0.15, -0.1) is 0 Å². The van der Waals surface area contributed by atoms with Gasteiger partial charge in [-0.25, -0.2) is 4.79 Å². The quantitative estimate of drug-likeness (QED) is 0.837. The molecular formula is C19H27NO3. The number of carbonyl (C=O) groups is 2. The summed E-state index contributed by atoms with van der Waals surface area (Å²) in [7, 11) is 0. The number of hydrogen-bond donors (Lipinski definition) is 2. The van der Waals surface area contributed by atoms with Crippen LogP contribution in [0.15, 0.2) is 30.3 Å². The van der Waals surface area contributed by atoms with E-state index >= 15 is 0 Å². The number of hydrogen-bond acceptors (Lipinski definition) is 2. The fraction of sp³-hybridized carbons (Fsp3) is 0.579. The summed E-state index contributed by atoms with van der Waals surface area (Å²) < 4.78 is 163. The lowest BCUT2D eigenvalue weighted by Gasteiger charge is -2.30. The Kier molecular flexibility index (Phi) is 1.71. The third kappa shape index (κ3) is 5.08. The molecule has 0 heterocycles. The molecule has 4 nitrogen and oxygen atoms in total. The Balaban J connectivity index is 2.99. The van der Waals surface area contributed by atoms with Gasteiger partial charge >= 0.3 is 5.97 Å². The first-order valence-corrected chi connectivity index (χ1v) is 6.29. The average Bonchev–Trinajstić information content (AvgIpc) is 2.84. The van der Waals surface area contributed by atoms with E-state index in [4.69, 9.17) is 27.4 Å². The van der Waals surface area contributed by atoms with Crippen molar-refractivity contribution >= 4 is 11.9 Å². The Morgan fingerprint density at radius 3 is 2.61 bits per heavy atom. The molecule has 0 spiro atoms. The molecule has 2 rings (SSSR count). The van der Waals surface area contributed by atoms with Crippen LogP contribution in [0.1, 0.15) is 72.2 Å². The summed E-state index contributed by atoms with van der Waals surface area (Å²) in [6, 6.07) is 1.82. The first-order chi connectivity index (χ1) is 18.7. The molecular weight excluding hydrogens is 290 g/mol. The van der Waals surface area contributed by atoms with Crippen LogP contribution < -0.4 is 5.32 Å². The van der Waals surface area contributed by atoms with E-state index in [0.717, 1.165) is 12.1 Å². The molecule has 0 aromatic heterocycles. The molecule has 4 heteroatoms. The highest BCUT2D eigenvalue weighted by Gasteiger charge is 2.30. The number of amides is 1. The van der Waals surface area contributed by atoms with Crippen molar-refractivity contribution < 1.29 is 42.1 Å². The lowest BCUT2D eigenvalue weighted by molar-refractivity contribution is -0.142. The second-order valence-corrected chi connectivity index (χ2v) is 4.25. The fourth-order valence-electron chi connectivity index (χ4n) is 1.53. The van der Waals surface area contributed by atoms with Crippen molar-refractivity contribution in [1.29, 1.82) is 0 Å². The number of aliphatic carboxylic acids is 1. The zero-order valence-corrected chi connectivity index (χ0v) is 11.7. The highest BCUT2D eigenvalue weighted by molar-refractivity contribution is 5.85. The molecule has 126 valence electrons. The lowest BCUT2D eigenvalue weighted by atomic mass is 9.76. The minimum absolute atomic E-state index is 0.563. The van der Waals surface area contributed by atoms with Crippen LogP contribution in [0.2, 0.25) is 0 Å². The molecule has 1 amide bonds. The predicted octanol–water partition coefficient (Wildman–Crippen LogP) is 3.26. The number of rotatable bonds is 6. The maximum atomic E-state index is 13.6. The summed E-state index contributed by atoms with van der Waals surface area (Å²) in [5.41, 5.74) is -0.563. The van der Waals surface area contributed by atoms with Crippen molar-refractivity contribution in [1.82, 2.24) is 5.32 Å². The Morgan fingerprint density at radius 2 is 2.04 bits per heavy atom. The van der Waals surface area contributed by atoms with E-state index in [0.29, 0.717) is 0 Å². The van der Waals surface area contributed by atoms with Gasteiger partial charge in [0.2, 0.25) is 5.91 Å². The van der Waals surface area contributed by atoms with E-state index < -0.39 is 86.7 Å². The maximum absolute atomic E-state index is 13.6. The van der Waals surface area contributed by atoms with Crippen LogP contribution in [-0.4, -0.2) is 23.0 Å². The number of nitrogens with one attached hydrogen (secondary N) is 1. The Labute approximate surface area is 166 Å². The second kappa shape index (κ2) is 8.14. The van der Waals surface area contributed by atoms with Gasteiger partial charge in [0, 0.05) is 38.3 Å². The number of carbonyl (C=O) groups excluding carboxylic acids is 1. The van der Waals surface area contributed by atoms with E-state index in [1.807, 2.05) is 0 Å². The molecule has 23 heavy (non-hydrogen) atoms. The van der Waals surface area contributed by atoms with Gasteiger partial charge in [-0.05, 0) is 42.8 Å². The normalized spacial score (nSPS) is 54.1. The molecule has 1 unspecified atom stereocenters. The van der Waals surface area contributed by atoms with Gasteiger partial charge in [-0.1, -0.05) is 44.0 Å². The SMILES string of the molecule is [2H]C(NC(=O)[C@]1([2H])C([2H])([2H])C([2H])([2H])[C@@]([2H])(C([2H])(C([2H])([2H])[2H])C([2H])([2H])[2H])C([2H])([2H])C1([2H])[2H])(C(=O)O)C([2H])([2H])c1ccccc1. The smallest absolute Gasteiger partial charge is 0.326 e. The first-order valence-electron chi connectivity index (χ1n) is 16.3. The monoisotopic (exact) mass is 337 g/mol. The van der Waals surface area contributed by atoms with Crippen molar-refractivity contribution in [2.75, 3.05) is 0 Å². The highest BCUT2D eigenvalue weighted by Crippen LogP contribution is 2.33. The number of carboxylic acid groups (broad SMARTS) is 1. The number of benzene rings is 1. The molecule has 1 fully saturated rings. The zero-order valence-electron chi connectivity index (χ0n) is 31.7. The van der Waals surface area contributed by atoms with Crippen LogP contribution in [0, 0.1) is 17.7 Å². The summed E-state index contributed by atoms with van der Waals surface area (Å²) in [6.07, 6.45) is -22.3. The van der Waals surface area contributed by atoms with Gasteiger partial charge < -0.3 is 10.4 Å². The molecule has 2 N–H and O–H groups in total. The molecule has 0 bridgehead atoms. The van der Waals surface area contributed by atoms with E-state index in [1.165, 1.54) is 23.5 Å². The molecule has 1 aliphatic carbocycles. The second-order valence-electron chi connectivity index (χ2n) is 4.25. The minimum Gasteiger partial charge on any atom is -0.480 e. The van der Waals surface area contributed by atoms with Crippen LogP contribution in [0.3, 0.4) is 0 Å². The number of carboxylic acids is 1. The lowest BCUT2D eigenvalue weighted by Crippen LogP contribution is -2.45. The van der Waals surface area contributed by atoms with Crippen molar-refractivity contribution in [3.8, 4) is 0 Å². The van der Waals surface area contributed by atoms with Gasteiger partial charge in [0.05, 0.1) is 1.37 Å². The first kappa shape index (κ1) is 4.84. The Bertz CT molecular complexity index is 1230. The average molecular weight is 338 g/mol. The standard InChI is InChI=1S/C19H27NO3/c1-13(2)15-8-10-16(11-9-15)18(21)20-17(19(22)23)12-14-6-4-3-5-7-14/h3-7,13,15-17H,8-12H2,1-2H3,(H,20,21)(H,22,23)/t15-,16-,17?/i1D3,2D3,8D2,9D2,10D2,11D2,12D2,13D,15D,16D,17D. The van der Waals surface area contributed by atoms with Gasteiger partial charge in [0.25, 0.3) is 0 Å². The molecule has 0 saturated heterocycles. The molecule has 1 atom stereocenters. The molecule has 1 saturated carbocycles. The van der Waals surface area contributed by atoms with Gasteiger partial charge in [-0.2, -0.15) is 0 Å². The summed E-state index contributed by atoms with van der Waals surface area (Å²) in [5.74, 6) is -19.2. The van der Waals surface area contributed by atoms with E-state index in [9.17, 15) is 14.7 Å². The third-order valence-electron chi connectivity index (χ3n) is 2.60. The Hall–Kier alpha value is -1.84. The van der Waals surface area contributed by atoms with Gasteiger partial charge in [0.15, 0.2) is 0 Å². The summed E-state index contributed by atoms with van der Waals surface area (Å²) >= 11 is 0. The van der Waals surface area contributed by atoms with Crippen LogP contribution in [0.5, 0.6) is 0 Å². The summed E-state index contributed by atoms with van der Waals surface area (Å²) in [4.78, 5) is 25.8. The molecule has 0 radical (unpaired) electrons. The predicted molar refractivity (Wildman–Crippen MR) is 90.0 cm³/mol. The highest BCUT2D eigenvalue weighted by atomic mass is 16.4. The third-order valence-corrected chi connectivity index (χ3v) is 2.60. The Morgan fingerprint density at radius 1 is 1.39 bits per heavy atom. The van der Waals surface area contributed by atoms with Gasteiger partial charge in [-0.3, -0.25) is 4.79 Å². The summed E-state index contributed by atoms with van der Waals surface area (Å²) in [5, 5.41) is 11.0. The topological polar surface area (TPSA) is 66.4 Å². The van der Waals surface area contributed by atoms with E-state index in [-0.39, 0.29) is 0 Å². The molecule has 1 aliphatic rings. The van der Waals surface area contributed by atoms with Crippen LogP contribution in [0.4, 0.5) is 0 Å². The largest absolute Gasteiger partial charge is 0.480 e. The van der Waals surface area contributed by atoms with E-state index in [2.05, 4.69) is 0 Å². The van der Waals surface area contributed by atoms with Crippen LogP contribution in [0.25, 0.3) is 0 Å². The van der Waals surface area contributed by atoms with Gasteiger partial charge in [0.1, 0.15) is 6.02 Å². The summed E-state index contributed by atoms with van der Waals surface area (Å²) in [6.45, 7) is -8.69. The van der Waals surface area contributed by atoms with Crippen molar-refractivity contribution in [2.24, 2.45) is 17.7 Å². The fourth-order valence-corrected chi connectivity index (χ4v) is 1.53. The van der Waals surface area contributed by atoms with Crippen molar-refractivity contribution in [2.45, 2.75) is 51.6 Å². The minimum atomic E-state index is -4.80. The molecule has 1 aromatic carbocycles. The molecule has 1 aromatic rings. The van der Waals surface area contributed by atoms with Crippen LogP contribution >= 0.6 is 0 Å². The maximum Gasteiger partial charge on any atom is 0.326 e. The molecule has 0 aliphatic heterocycles. The van der Waals surface area contributed by atoms with Crippen LogP contribution in [-0.2, 0) is 16.0 Å². The van der Waals surface area contributed by atoms with E-state index in [1.54, 1.807) is 0 Å².